The average Bonchev–Trinajstić information content (AvgIpc) is 2.43. The maximum absolute atomic E-state index is 12.1. The number of aromatic nitrogens is 2. The third-order valence-corrected chi connectivity index (χ3v) is 2.99. The highest BCUT2D eigenvalue weighted by Gasteiger charge is 2.13. The summed E-state index contributed by atoms with van der Waals surface area (Å²) in [7, 11) is 0. The predicted octanol–water partition coefficient (Wildman–Crippen LogP) is 1.63. The van der Waals surface area contributed by atoms with Crippen LogP contribution >= 0.6 is 0 Å². The fourth-order valence-corrected chi connectivity index (χ4v) is 1.74. The highest BCUT2D eigenvalue weighted by Crippen LogP contribution is 2.14. The highest BCUT2D eigenvalue weighted by atomic mass is 16.6. The lowest BCUT2D eigenvalue weighted by Crippen LogP contribution is -2.26. The smallest absolute Gasteiger partial charge is 0.266 e. The Balaban J connectivity index is 2.65. The Morgan fingerprint density at radius 2 is 1.90 bits per heavy atom. The van der Waals surface area contributed by atoms with Crippen LogP contribution in [0.3, 0.4) is 0 Å². The van der Waals surface area contributed by atoms with Gasteiger partial charge in [-0.3, -0.25) is 14.9 Å². The Morgan fingerprint density at radius 3 is 2.40 bits per heavy atom. The van der Waals surface area contributed by atoms with Gasteiger partial charge in [0.1, 0.15) is 11.6 Å². The van der Waals surface area contributed by atoms with Crippen molar-refractivity contribution in [3.63, 3.8) is 0 Å². The SMILES string of the molecule is Cc1nn(-c2ccc([N+](=O)[O-])cc2)c(=O)c(C#N)c1C. The zero-order valence-corrected chi connectivity index (χ0v) is 10.8. The van der Waals surface area contributed by atoms with Crippen molar-refractivity contribution < 1.29 is 4.92 Å². The summed E-state index contributed by atoms with van der Waals surface area (Å²) in [5, 5.41) is 23.7. The van der Waals surface area contributed by atoms with Crippen LogP contribution in [0, 0.1) is 35.3 Å². The van der Waals surface area contributed by atoms with Crippen LogP contribution in [-0.4, -0.2) is 14.7 Å². The van der Waals surface area contributed by atoms with Gasteiger partial charge in [0.15, 0.2) is 0 Å². The van der Waals surface area contributed by atoms with Crippen LogP contribution in [0.1, 0.15) is 16.8 Å². The number of nitrogens with zero attached hydrogens (tertiary/aromatic N) is 4. The molecule has 0 N–H and O–H groups in total. The molecule has 2 rings (SSSR count). The molecule has 0 saturated carbocycles. The molecule has 0 aliphatic rings. The second-order valence-electron chi connectivity index (χ2n) is 4.19. The van der Waals surface area contributed by atoms with Crippen LogP contribution in [0.5, 0.6) is 0 Å². The van der Waals surface area contributed by atoms with Gasteiger partial charge in [-0.15, -0.1) is 0 Å². The van der Waals surface area contributed by atoms with E-state index in [0.717, 1.165) is 4.68 Å². The molecule has 0 fully saturated rings. The number of nitro benzene ring substituents is 1. The molecule has 0 atom stereocenters. The van der Waals surface area contributed by atoms with E-state index in [-0.39, 0.29) is 11.3 Å². The third kappa shape index (κ3) is 2.14. The van der Waals surface area contributed by atoms with Gasteiger partial charge in [0.2, 0.25) is 0 Å². The summed E-state index contributed by atoms with van der Waals surface area (Å²) in [5.41, 5.74) is 0.877. The van der Waals surface area contributed by atoms with Crippen LogP contribution in [0.25, 0.3) is 5.69 Å². The zero-order chi connectivity index (χ0) is 14.9. The molecule has 1 aromatic carbocycles. The van der Waals surface area contributed by atoms with Gasteiger partial charge in [-0.1, -0.05) is 0 Å². The molecule has 2 aromatic rings. The van der Waals surface area contributed by atoms with Crippen molar-refractivity contribution in [3.05, 3.63) is 61.6 Å². The molecule has 0 unspecified atom stereocenters. The van der Waals surface area contributed by atoms with Gasteiger partial charge in [-0.25, -0.2) is 0 Å². The van der Waals surface area contributed by atoms with E-state index < -0.39 is 10.5 Å². The minimum atomic E-state index is -0.538. The lowest BCUT2D eigenvalue weighted by atomic mass is 10.1. The molecule has 0 aliphatic heterocycles. The Bertz CT molecular complexity index is 785. The van der Waals surface area contributed by atoms with E-state index in [1.807, 2.05) is 6.07 Å². The Kier molecular flexibility index (Phi) is 3.31. The van der Waals surface area contributed by atoms with E-state index in [1.165, 1.54) is 24.3 Å². The first-order chi connectivity index (χ1) is 9.45. The number of hydrogen-bond donors (Lipinski definition) is 0. The number of non-ortho nitro benzene ring substituents is 1. The summed E-state index contributed by atoms with van der Waals surface area (Å²) in [6.45, 7) is 3.35. The molecule has 7 heteroatoms. The lowest BCUT2D eigenvalue weighted by molar-refractivity contribution is -0.384. The predicted molar refractivity (Wildman–Crippen MR) is 70.7 cm³/mol. The largest absolute Gasteiger partial charge is 0.289 e. The van der Waals surface area contributed by atoms with Gasteiger partial charge in [-0.05, 0) is 31.5 Å². The first kappa shape index (κ1) is 13.4. The normalized spacial score (nSPS) is 10.1. The topological polar surface area (TPSA) is 102 Å². The Hall–Kier alpha value is -3.01. The first-order valence-corrected chi connectivity index (χ1v) is 5.71. The summed E-state index contributed by atoms with van der Waals surface area (Å²) >= 11 is 0. The number of benzene rings is 1. The van der Waals surface area contributed by atoms with E-state index in [1.54, 1.807) is 13.8 Å². The van der Waals surface area contributed by atoms with Crippen LogP contribution in [0.15, 0.2) is 29.1 Å². The number of aryl methyl sites for hydroxylation is 1. The minimum absolute atomic E-state index is 0.0239. The molecular weight excluding hydrogens is 260 g/mol. The van der Waals surface area contributed by atoms with Crippen LogP contribution in [0.4, 0.5) is 5.69 Å². The van der Waals surface area contributed by atoms with E-state index in [2.05, 4.69) is 5.10 Å². The van der Waals surface area contributed by atoms with Crippen molar-refractivity contribution in [2.24, 2.45) is 0 Å². The Labute approximate surface area is 113 Å². The summed E-state index contributed by atoms with van der Waals surface area (Å²) in [6.07, 6.45) is 0. The van der Waals surface area contributed by atoms with Gasteiger partial charge >= 0.3 is 0 Å². The number of nitro groups is 1. The molecular formula is C13H10N4O3. The second-order valence-corrected chi connectivity index (χ2v) is 4.19. The molecule has 0 spiro atoms. The fourth-order valence-electron chi connectivity index (χ4n) is 1.74. The Morgan fingerprint density at radius 1 is 1.30 bits per heavy atom. The van der Waals surface area contributed by atoms with E-state index >= 15 is 0 Å². The van der Waals surface area contributed by atoms with E-state index in [0.29, 0.717) is 16.9 Å². The van der Waals surface area contributed by atoms with Crippen LogP contribution < -0.4 is 5.56 Å². The maximum Gasteiger partial charge on any atom is 0.289 e. The molecule has 0 aliphatic carbocycles. The van der Waals surface area contributed by atoms with Crippen LogP contribution in [0.2, 0.25) is 0 Å². The van der Waals surface area contributed by atoms with Gasteiger partial charge in [0.05, 0.1) is 16.3 Å². The standard InChI is InChI=1S/C13H10N4O3/c1-8-9(2)15-16(13(18)12(8)7-14)10-3-5-11(6-4-10)17(19)20/h3-6H,1-2H3. The van der Waals surface area contributed by atoms with Gasteiger partial charge in [-0.2, -0.15) is 15.0 Å². The fraction of sp³-hybridized carbons (Fsp3) is 0.154. The number of rotatable bonds is 2. The summed E-state index contributed by atoms with van der Waals surface area (Å²) in [4.78, 5) is 22.2. The molecule has 7 nitrogen and oxygen atoms in total. The van der Waals surface area contributed by atoms with E-state index in [9.17, 15) is 14.9 Å². The van der Waals surface area contributed by atoms with Gasteiger partial charge in [0.25, 0.3) is 11.2 Å². The van der Waals surface area contributed by atoms with Gasteiger partial charge < -0.3 is 0 Å². The molecule has 100 valence electrons. The maximum atomic E-state index is 12.1. The number of nitriles is 1. The van der Waals surface area contributed by atoms with Crippen molar-refractivity contribution in [1.82, 2.24) is 9.78 Å². The molecule has 1 heterocycles. The van der Waals surface area contributed by atoms with Crippen molar-refractivity contribution in [2.75, 3.05) is 0 Å². The summed E-state index contributed by atoms with van der Waals surface area (Å²) < 4.78 is 1.07. The number of hydrogen-bond acceptors (Lipinski definition) is 5. The quantitative estimate of drug-likeness (QED) is 0.609. The lowest BCUT2D eigenvalue weighted by Gasteiger charge is -2.08. The molecule has 1 aromatic heterocycles. The second kappa shape index (κ2) is 4.93. The van der Waals surface area contributed by atoms with Gasteiger partial charge in [0, 0.05) is 12.1 Å². The molecule has 0 amide bonds. The van der Waals surface area contributed by atoms with Crippen molar-refractivity contribution in [2.45, 2.75) is 13.8 Å². The van der Waals surface area contributed by atoms with Crippen molar-refractivity contribution in [3.8, 4) is 11.8 Å². The molecule has 0 bridgehead atoms. The average molecular weight is 270 g/mol. The van der Waals surface area contributed by atoms with Crippen molar-refractivity contribution in [1.29, 1.82) is 5.26 Å². The monoisotopic (exact) mass is 270 g/mol. The third-order valence-electron chi connectivity index (χ3n) is 2.99. The minimum Gasteiger partial charge on any atom is -0.266 e. The molecule has 0 radical (unpaired) electrons. The van der Waals surface area contributed by atoms with Crippen molar-refractivity contribution >= 4 is 5.69 Å². The molecule has 0 saturated heterocycles. The van der Waals surface area contributed by atoms with Crippen LogP contribution in [-0.2, 0) is 0 Å². The summed E-state index contributed by atoms with van der Waals surface area (Å²) in [5.74, 6) is 0. The summed E-state index contributed by atoms with van der Waals surface area (Å²) in [6, 6.07) is 7.27. The first-order valence-electron chi connectivity index (χ1n) is 5.71. The van der Waals surface area contributed by atoms with E-state index in [4.69, 9.17) is 5.26 Å². The zero-order valence-electron chi connectivity index (χ0n) is 10.8. The highest BCUT2D eigenvalue weighted by molar-refractivity contribution is 5.43. The molecule has 20 heavy (non-hydrogen) atoms.